The Balaban J connectivity index is 1.68. The Morgan fingerprint density at radius 3 is 1.90 bits per heavy atom. The van der Waals surface area contributed by atoms with Gasteiger partial charge in [0.25, 0.3) is 5.91 Å². The minimum Gasteiger partial charge on any atom is -0.345 e. The molecule has 158 valence electrons. The van der Waals surface area contributed by atoms with Gasteiger partial charge in [-0.15, -0.1) is 0 Å². The monoisotopic (exact) mass is 406 g/mol. The number of hydrogen-bond donors (Lipinski definition) is 1. The molecule has 0 aliphatic carbocycles. The SMILES string of the molecule is CC(C)c1ccc(C(NC(=O)c2ccc(CN3C(=O)CCC3=O)cc2)C(C)C)cc1. The predicted octanol–water partition coefficient (Wildman–Crippen LogP) is 4.59. The minimum atomic E-state index is -0.137. The number of nitrogens with one attached hydrogen (secondary N) is 1. The van der Waals surface area contributed by atoms with Gasteiger partial charge in [-0.05, 0) is 40.7 Å². The van der Waals surface area contributed by atoms with E-state index in [4.69, 9.17) is 0 Å². The van der Waals surface area contributed by atoms with Crippen LogP contribution in [-0.2, 0) is 16.1 Å². The highest BCUT2D eigenvalue weighted by molar-refractivity contribution is 6.01. The van der Waals surface area contributed by atoms with Crippen LogP contribution in [0.3, 0.4) is 0 Å². The molecule has 1 aliphatic rings. The number of amides is 3. The first kappa shape index (κ1) is 21.8. The zero-order valence-electron chi connectivity index (χ0n) is 18.1. The van der Waals surface area contributed by atoms with Gasteiger partial charge in [-0.1, -0.05) is 64.1 Å². The maximum Gasteiger partial charge on any atom is 0.251 e. The van der Waals surface area contributed by atoms with Gasteiger partial charge in [-0.3, -0.25) is 19.3 Å². The molecule has 3 rings (SSSR count). The van der Waals surface area contributed by atoms with Crippen molar-refractivity contribution >= 4 is 17.7 Å². The molecule has 30 heavy (non-hydrogen) atoms. The second-order valence-electron chi connectivity index (χ2n) is 8.59. The number of carbonyl (C=O) groups excluding carboxylic acids is 3. The van der Waals surface area contributed by atoms with Crippen LogP contribution < -0.4 is 5.32 Å². The van der Waals surface area contributed by atoms with Crippen molar-refractivity contribution < 1.29 is 14.4 Å². The smallest absolute Gasteiger partial charge is 0.251 e. The van der Waals surface area contributed by atoms with E-state index in [2.05, 4.69) is 57.3 Å². The summed E-state index contributed by atoms with van der Waals surface area (Å²) in [4.78, 5) is 37.7. The molecule has 5 nitrogen and oxygen atoms in total. The van der Waals surface area contributed by atoms with Crippen molar-refractivity contribution in [3.63, 3.8) is 0 Å². The fourth-order valence-corrected chi connectivity index (χ4v) is 3.69. The quantitative estimate of drug-likeness (QED) is 0.684. The van der Waals surface area contributed by atoms with Gasteiger partial charge < -0.3 is 5.32 Å². The molecule has 1 fully saturated rings. The standard InChI is InChI=1S/C25H30N2O3/c1-16(2)19-9-11-20(12-10-19)24(17(3)4)26-25(30)21-7-5-18(6-8-21)15-27-22(28)13-14-23(27)29/h5-12,16-17,24H,13-15H2,1-4H3,(H,26,30). The fraction of sp³-hybridized carbons (Fsp3) is 0.400. The molecule has 0 radical (unpaired) electrons. The number of nitrogens with zero attached hydrogens (tertiary/aromatic N) is 1. The molecule has 0 bridgehead atoms. The van der Waals surface area contributed by atoms with E-state index in [0.717, 1.165) is 11.1 Å². The van der Waals surface area contributed by atoms with E-state index in [-0.39, 0.29) is 49.1 Å². The highest BCUT2D eigenvalue weighted by Crippen LogP contribution is 2.25. The highest BCUT2D eigenvalue weighted by atomic mass is 16.2. The van der Waals surface area contributed by atoms with Crippen LogP contribution in [0.15, 0.2) is 48.5 Å². The maximum absolute atomic E-state index is 12.8. The first-order valence-electron chi connectivity index (χ1n) is 10.6. The first-order chi connectivity index (χ1) is 14.3. The Kier molecular flexibility index (Phi) is 6.70. The molecule has 3 amide bonds. The third-order valence-corrected chi connectivity index (χ3v) is 5.63. The van der Waals surface area contributed by atoms with Crippen LogP contribution in [0.4, 0.5) is 0 Å². The summed E-state index contributed by atoms with van der Waals surface area (Å²) in [5, 5.41) is 3.15. The first-order valence-corrected chi connectivity index (χ1v) is 10.6. The van der Waals surface area contributed by atoms with Gasteiger partial charge in [-0.25, -0.2) is 0 Å². The van der Waals surface area contributed by atoms with Crippen molar-refractivity contribution in [2.24, 2.45) is 5.92 Å². The highest BCUT2D eigenvalue weighted by Gasteiger charge is 2.28. The number of imide groups is 1. The van der Waals surface area contributed by atoms with Crippen LogP contribution in [0, 0.1) is 5.92 Å². The van der Waals surface area contributed by atoms with Gasteiger partial charge >= 0.3 is 0 Å². The summed E-state index contributed by atoms with van der Waals surface area (Å²) < 4.78 is 0. The average molecular weight is 407 g/mol. The zero-order valence-corrected chi connectivity index (χ0v) is 18.1. The van der Waals surface area contributed by atoms with Crippen LogP contribution in [0.25, 0.3) is 0 Å². The van der Waals surface area contributed by atoms with Crippen molar-refractivity contribution in [2.75, 3.05) is 0 Å². The summed E-state index contributed by atoms with van der Waals surface area (Å²) in [5.74, 6) is 0.304. The molecular formula is C25H30N2O3. The third-order valence-electron chi connectivity index (χ3n) is 5.63. The molecule has 0 saturated carbocycles. The number of likely N-dealkylation sites (tertiary alicyclic amines) is 1. The lowest BCUT2D eigenvalue weighted by Crippen LogP contribution is -2.32. The lowest BCUT2D eigenvalue weighted by Gasteiger charge is -2.23. The van der Waals surface area contributed by atoms with E-state index in [1.807, 2.05) is 0 Å². The number of benzene rings is 2. The number of hydrogen-bond acceptors (Lipinski definition) is 3. The van der Waals surface area contributed by atoms with Gasteiger partial charge in [0.2, 0.25) is 11.8 Å². The van der Waals surface area contributed by atoms with E-state index >= 15 is 0 Å². The van der Waals surface area contributed by atoms with Crippen LogP contribution >= 0.6 is 0 Å². The van der Waals surface area contributed by atoms with E-state index in [1.165, 1.54) is 10.5 Å². The lowest BCUT2D eigenvalue weighted by molar-refractivity contribution is -0.139. The third kappa shape index (κ3) is 4.96. The Labute approximate surface area is 178 Å². The molecule has 5 heteroatoms. The predicted molar refractivity (Wildman–Crippen MR) is 117 cm³/mol. The molecule has 1 saturated heterocycles. The zero-order chi connectivity index (χ0) is 21.8. The molecule has 1 atom stereocenters. The minimum absolute atomic E-state index is 0.0850. The number of carbonyl (C=O) groups is 3. The van der Waals surface area contributed by atoms with Crippen molar-refractivity contribution in [1.29, 1.82) is 0 Å². The van der Waals surface area contributed by atoms with Crippen molar-refractivity contribution in [2.45, 2.75) is 59.0 Å². The number of rotatable bonds is 7. The van der Waals surface area contributed by atoms with Gasteiger partial charge in [-0.2, -0.15) is 0 Å². The van der Waals surface area contributed by atoms with Crippen molar-refractivity contribution in [1.82, 2.24) is 10.2 Å². The maximum atomic E-state index is 12.8. The molecule has 1 aliphatic heterocycles. The van der Waals surface area contributed by atoms with Crippen LogP contribution in [0.5, 0.6) is 0 Å². The van der Waals surface area contributed by atoms with Crippen LogP contribution in [-0.4, -0.2) is 22.6 Å². The molecule has 2 aromatic rings. The van der Waals surface area contributed by atoms with E-state index in [9.17, 15) is 14.4 Å². The summed E-state index contributed by atoms with van der Waals surface area (Å²) in [6.45, 7) is 8.77. The average Bonchev–Trinajstić information content (AvgIpc) is 3.04. The largest absolute Gasteiger partial charge is 0.345 e. The summed E-state index contributed by atoms with van der Waals surface area (Å²) in [6.07, 6.45) is 0.572. The molecule has 1 heterocycles. The van der Waals surface area contributed by atoms with Crippen molar-refractivity contribution in [3.05, 3.63) is 70.8 Å². The lowest BCUT2D eigenvalue weighted by atomic mass is 9.93. The van der Waals surface area contributed by atoms with Gasteiger partial charge in [0.15, 0.2) is 0 Å². The Bertz CT molecular complexity index is 898. The second-order valence-corrected chi connectivity index (χ2v) is 8.59. The molecule has 2 aromatic carbocycles. The van der Waals surface area contributed by atoms with Gasteiger partial charge in [0.1, 0.15) is 0 Å². The molecule has 0 aromatic heterocycles. The van der Waals surface area contributed by atoms with E-state index < -0.39 is 0 Å². The fourth-order valence-electron chi connectivity index (χ4n) is 3.69. The molecular weight excluding hydrogens is 376 g/mol. The van der Waals surface area contributed by atoms with Crippen LogP contribution in [0.2, 0.25) is 0 Å². The Morgan fingerprint density at radius 2 is 1.40 bits per heavy atom. The summed E-state index contributed by atoms with van der Waals surface area (Å²) in [7, 11) is 0. The van der Waals surface area contributed by atoms with E-state index in [1.54, 1.807) is 24.3 Å². The summed E-state index contributed by atoms with van der Waals surface area (Å²) >= 11 is 0. The topological polar surface area (TPSA) is 66.5 Å². The Hall–Kier alpha value is -2.95. The molecule has 1 N–H and O–H groups in total. The summed E-state index contributed by atoms with van der Waals surface area (Å²) in [5.41, 5.74) is 3.76. The second kappa shape index (κ2) is 9.24. The Morgan fingerprint density at radius 1 is 0.867 bits per heavy atom. The van der Waals surface area contributed by atoms with Gasteiger partial charge in [0, 0.05) is 18.4 Å². The normalized spacial score (nSPS) is 15.2. The molecule has 0 spiro atoms. The van der Waals surface area contributed by atoms with Crippen LogP contribution in [0.1, 0.15) is 79.5 Å². The van der Waals surface area contributed by atoms with Gasteiger partial charge in [0.05, 0.1) is 12.6 Å². The summed E-state index contributed by atoms with van der Waals surface area (Å²) in [6, 6.07) is 15.4. The molecule has 1 unspecified atom stereocenters. The van der Waals surface area contributed by atoms with Crippen molar-refractivity contribution in [3.8, 4) is 0 Å². The van der Waals surface area contributed by atoms with E-state index in [0.29, 0.717) is 11.5 Å².